The maximum Gasteiger partial charge on any atom is 0.414 e. The average Bonchev–Trinajstić information content (AvgIpc) is 3.46. The first-order chi connectivity index (χ1) is 21.5. The third-order valence-electron chi connectivity index (χ3n) is 8.45. The van der Waals surface area contributed by atoms with E-state index in [0.717, 1.165) is 29.7 Å². The van der Waals surface area contributed by atoms with E-state index in [0.29, 0.717) is 27.8 Å². The van der Waals surface area contributed by atoms with Crippen LogP contribution in [0.1, 0.15) is 63.8 Å². The molecule has 0 radical (unpaired) electrons. The first kappa shape index (κ1) is 32.6. The molecule has 2 aliphatic heterocycles. The van der Waals surface area contributed by atoms with Crippen molar-refractivity contribution >= 4 is 52.4 Å². The maximum absolute atomic E-state index is 13.4. The molecule has 4 atom stereocenters. The summed E-state index contributed by atoms with van der Waals surface area (Å²) >= 11 is 7.08. The van der Waals surface area contributed by atoms with Gasteiger partial charge in [-0.25, -0.2) is 9.59 Å². The van der Waals surface area contributed by atoms with Gasteiger partial charge in [0.1, 0.15) is 17.6 Å². The minimum Gasteiger partial charge on any atom is -0.454 e. The Balaban J connectivity index is 1.42. The van der Waals surface area contributed by atoms with E-state index in [1.165, 1.54) is 29.9 Å². The van der Waals surface area contributed by atoms with Gasteiger partial charge in [-0.15, -0.1) is 11.3 Å². The van der Waals surface area contributed by atoms with Crippen LogP contribution in [-0.4, -0.2) is 73.3 Å². The van der Waals surface area contributed by atoms with Crippen molar-refractivity contribution in [3.05, 3.63) is 86.6 Å². The van der Waals surface area contributed by atoms with E-state index < -0.39 is 29.8 Å². The van der Waals surface area contributed by atoms with Crippen molar-refractivity contribution in [3.63, 3.8) is 0 Å². The summed E-state index contributed by atoms with van der Waals surface area (Å²) in [6.07, 6.45) is -0.245. The molecule has 10 nitrogen and oxygen atoms in total. The highest BCUT2D eigenvalue weighted by molar-refractivity contribution is 7.17. The Hall–Kier alpha value is -3.77. The Morgan fingerprint density at radius 3 is 2.56 bits per heavy atom. The molecule has 2 amide bonds. The zero-order valence-electron chi connectivity index (χ0n) is 25.2. The van der Waals surface area contributed by atoms with Crippen LogP contribution >= 0.6 is 22.9 Å². The highest BCUT2D eigenvalue weighted by atomic mass is 35.5. The van der Waals surface area contributed by atoms with Crippen LogP contribution in [0.5, 0.6) is 0 Å². The van der Waals surface area contributed by atoms with Gasteiger partial charge in [0.05, 0.1) is 24.5 Å². The highest BCUT2D eigenvalue weighted by Crippen LogP contribution is 2.37. The number of Topliss-reactive ketones (excluding diaryl/α,β-unsaturated/α-hetero) is 1. The zero-order chi connectivity index (χ0) is 32.3. The number of rotatable bonds is 9. The maximum atomic E-state index is 13.4. The molecule has 2 aromatic carbocycles. The van der Waals surface area contributed by atoms with Gasteiger partial charge in [0.2, 0.25) is 0 Å². The number of methoxy groups -OCH3 is 1. The molecule has 45 heavy (non-hydrogen) atoms. The number of aliphatic hydroxyl groups is 1. The molecule has 4 unspecified atom stereocenters. The number of hydrogen-bond acceptors (Lipinski definition) is 9. The van der Waals surface area contributed by atoms with Crippen LogP contribution in [0.25, 0.3) is 0 Å². The van der Waals surface area contributed by atoms with Gasteiger partial charge in [0.25, 0.3) is 5.91 Å². The molecule has 1 saturated heterocycles. The van der Waals surface area contributed by atoms with Crippen molar-refractivity contribution in [1.82, 2.24) is 4.90 Å². The number of fused-ring (bicyclic) bond motifs is 1. The number of ether oxygens (including phenoxy) is 3. The third kappa shape index (κ3) is 6.91. The van der Waals surface area contributed by atoms with Gasteiger partial charge in [-0.05, 0) is 61.6 Å². The molecule has 0 aliphatic carbocycles. The predicted octanol–water partition coefficient (Wildman–Crippen LogP) is 5.62. The average molecular weight is 655 g/mol. The summed E-state index contributed by atoms with van der Waals surface area (Å²) in [7, 11) is 1.24. The Morgan fingerprint density at radius 1 is 1.16 bits per heavy atom. The summed E-state index contributed by atoms with van der Waals surface area (Å²) in [5.41, 5.74) is 0.470. The Labute approximate surface area is 270 Å². The lowest BCUT2D eigenvalue weighted by Crippen LogP contribution is -2.50. The van der Waals surface area contributed by atoms with E-state index in [-0.39, 0.29) is 42.2 Å². The van der Waals surface area contributed by atoms with Crippen LogP contribution in [0.3, 0.4) is 0 Å². The molecule has 3 heterocycles. The zero-order valence-corrected chi connectivity index (χ0v) is 26.8. The number of carbonyl (C=O) groups excluding carboxylic acids is 4. The molecule has 2 aliphatic rings. The SMILES string of the molecule is COC(=O)N(CC(CN1C(=O)c2ccccc2C1(C)O)OC(=O)c1ccc(Cl)s1)c1ccc(C(C)C2CCCOCC2=O)cc1. The summed E-state index contributed by atoms with van der Waals surface area (Å²) in [5.74, 6) is -1.27. The fraction of sp³-hybridized carbons (Fsp3) is 0.394. The second kappa shape index (κ2) is 13.7. The molecular formula is C33H35ClN2O8S. The van der Waals surface area contributed by atoms with E-state index in [1.807, 2.05) is 19.1 Å². The molecule has 12 heteroatoms. The molecule has 1 fully saturated rings. The van der Waals surface area contributed by atoms with Crippen molar-refractivity contribution < 1.29 is 38.5 Å². The lowest BCUT2D eigenvalue weighted by molar-refractivity contribution is -0.126. The summed E-state index contributed by atoms with van der Waals surface area (Å²) in [6, 6.07) is 17.0. The number of esters is 1. The van der Waals surface area contributed by atoms with E-state index in [2.05, 4.69) is 0 Å². The van der Waals surface area contributed by atoms with Crippen molar-refractivity contribution in [2.75, 3.05) is 38.3 Å². The van der Waals surface area contributed by atoms with Crippen molar-refractivity contribution in [3.8, 4) is 0 Å². The first-order valence-electron chi connectivity index (χ1n) is 14.7. The number of anilines is 1. The molecule has 0 bridgehead atoms. The smallest absolute Gasteiger partial charge is 0.414 e. The largest absolute Gasteiger partial charge is 0.454 e. The number of thiophene rings is 1. The molecule has 3 aromatic rings. The molecule has 0 saturated carbocycles. The summed E-state index contributed by atoms with van der Waals surface area (Å²) in [5, 5.41) is 11.4. The Kier molecular flexibility index (Phi) is 9.93. The van der Waals surface area contributed by atoms with Gasteiger partial charge in [-0.1, -0.05) is 48.9 Å². The molecule has 1 aromatic heterocycles. The normalized spacial score (nSPS) is 21.1. The van der Waals surface area contributed by atoms with E-state index >= 15 is 0 Å². The van der Waals surface area contributed by atoms with E-state index in [9.17, 15) is 24.3 Å². The van der Waals surface area contributed by atoms with Gasteiger partial charge in [-0.2, -0.15) is 0 Å². The predicted molar refractivity (Wildman–Crippen MR) is 169 cm³/mol. The van der Waals surface area contributed by atoms with Crippen molar-refractivity contribution in [2.45, 2.75) is 44.4 Å². The highest BCUT2D eigenvalue weighted by Gasteiger charge is 2.46. The van der Waals surface area contributed by atoms with Gasteiger partial charge in [0.15, 0.2) is 11.5 Å². The van der Waals surface area contributed by atoms with Crippen LogP contribution in [0, 0.1) is 5.92 Å². The van der Waals surface area contributed by atoms with Crippen molar-refractivity contribution in [1.29, 1.82) is 0 Å². The summed E-state index contributed by atoms with van der Waals surface area (Å²) in [4.78, 5) is 55.1. The Morgan fingerprint density at radius 2 is 1.89 bits per heavy atom. The van der Waals surface area contributed by atoms with E-state index in [4.69, 9.17) is 25.8 Å². The molecule has 1 N–H and O–H groups in total. The van der Waals surface area contributed by atoms with E-state index in [1.54, 1.807) is 42.5 Å². The lowest BCUT2D eigenvalue weighted by atomic mass is 9.82. The first-order valence-corrected chi connectivity index (χ1v) is 15.9. The fourth-order valence-electron chi connectivity index (χ4n) is 5.97. The lowest BCUT2D eigenvalue weighted by Gasteiger charge is -2.35. The van der Waals surface area contributed by atoms with Crippen molar-refractivity contribution in [2.24, 2.45) is 5.92 Å². The van der Waals surface area contributed by atoms with Crippen LogP contribution < -0.4 is 4.90 Å². The van der Waals surface area contributed by atoms with Crippen LogP contribution in [0.4, 0.5) is 10.5 Å². The summed E-state index contributed by atoms with van der Waals surface area (Å²) in [6.45, 7) is 3.76. The number of amides is 2. The summed E-state index contributed by atoms with van der Waals surface area (Å²) < 4.78 is 16.8. The molecule has 5 rings (SSSR count). The van der Waals surface area contributed by atoms with Gasteiger partial charge in [0, 0.05) is 29.3 Å². The van der Waals surface area contributed by atoms with Crippen LogP contribution in [0.2, 0.25) is 4.34 Å². The minimum atomic E-state index is -1.68. The number of halogens is 1. The Bertz CT molecular complexity index is 1570. The molecule has 0 spiro atoms. The molecular weight excluding hydrogens is 620 g/mol. The van der Waals surface area contributed by atoms with Gasteiger partial charge < -0.3 is 24.2 Å². The standard InChI is InChI=1S/C33H35ClN2O8S/c1-20(24-8-6-16-43-19-27(24)37)21-10-12-22(13-11-21)35(32(40)42-3)17-23(44-31(39)28-14-15-29(34)45-28)18-36-30(38)25-7-4-5-9-26(25)33(36,2)41/h4-5,7,9-15,20,23-24,41H,6,8,16-19H2,1-3H3. The van der Waals surface area contributed by atoms with Crippen LogP contribution in [0.15, 0.2) is 60.7 Å². The minimum absolute atomic E-state index is 0.0591. The number of ketones is 1. The number of nitrogens with zero attached hydrogens (tertiary/aromatic N) is 2. The van der Waals surface area contributed by atoms with Crippen LogP contribution in [-0.2, 0) is 24.7 Å². The topological polar surface area (TPSA) is 123 Å². The molecule has 238 valence electrons. The number of benzene rings is 2. The van der Waals surface area contributed by atoms with Gasteiger partial charge in [-0.3, -0.25) is 14.5 Å². The van der Waals surface area contributed by atoms with Gasteiger partial charge >= 0.3 is 12.1 Å². The fourth-order valence-corrected chi connectivity index (χ4v) is 6.89. The monoisotopic (exact) mass is 654 g/mol. The second-order valence-corrected chi connectivity index (χ2v) is 13.1. The number of hydrogen-bond donors (Lipinski definition) is 1. The third-order valence-corrected chi connectivity index (χ3v) is 9.66. The quantitative estimate of drug-likeness (QED) is 0.295. The second-order valence-electron chi connectivity index (χ2n) is 11.3. The number of carbonyl (C=O) groups is 4.